The van der Waals surface area contributed by atoms with Crippen molar-refractivity contribution in [1.29, 1.82) is 0 Å². The number of rotatable bonds is 10. The summed E-state index contributed by atoms with van der Waals surface area (Å²) in [6.07, 6.45) is 3.76. The number of methoxy groups -OCH3 is 2. The first-order valence-electron chi connectivity index (χ1n) is 7.43. The second-order valence-corrected chi connectivity index (χ2v) is 5.33. The van der Waals surface area contributed by atoms with E-state index in [2.05, 4.69) is 41.1 Å². The van der Waals surface area contributed by atoms with Crippen molar-refractivity contribution in [3.8, 4) is 11.8 Å². The summed E-state index contributed by atoms with van der Waals surface area (Å²) < 4.78 is 10.5. The van der Waals surface area contributed by atoms with E-state index in [1.165, 1.54) is 12.7 Å². The van der Waals surface area contributed by atoms with E-state index in [1.54, 1.807) is 14.2 Å². The smallest absolute Gasteiger partial charge is 0.224 e. The van der Waals surface area contributed by atoms with Crippen LogP contribution in [0.1, 0.15) is 32.3 Å². The first-order valence-corrected chi connectivity index (χ1v) is 7.43. The number of nitrogens with zero attached hydrogens (tertiary/aromatic N) is 3. The summed E-state index contributed by atoms with van der Waals surface area (Å²) >= 11 is 0. The van der Waals surface area contributed by atoms with Gasteiger partial charge in [-0.1, -0.05) is 0 Å². The molecule has 0 bridgehead atoms. The highest BCUT2D eigenvalue weighted by Gasteiger charge is 2.12. The normalized spacial score (nSPS) is 11.2. The highest BCUT2D eigenvalue weighted by molar-refractivity contribution is 5.34. The van der Waals surface area contributed by atoms with Crippen molar-refractivity contribution < 1.29 is 9.47 Å². The summed E-state index contributed by atoms with van der Waals surface area (Å²) in [7, 11) is 5.37. The third-order valence-electron chi connectivity index (χ3n) is 3.55. The van der Waals surface area contributed by atoms with Gasteiger partial charge in [-0.15, -0.1) is 0 Å². The fourth-order valence-corrected chi connectivity index (χ4v) is 1.97. The minimum atomic E-state index is 0.564. The minimum absolute atomic E-state index is 0.564. The zero-order chi connectivity index (χ0) is 15.7. The molecule has 1 aromatic rings. The maximum absolute atomic E-state index is 5.25. The predicted molar refractivity (Wildman–Crippen MR) is 83.8 cm³/mol. The van der Waals surface area contributed by atoms with Gasteiger partial charge in [0.2, 0.25) is 11.8 Å². The third kappa shape index (κ3) is 5.85. The summed E-state index contributed by atoms with van der Waals surface area (Å²) in [6.45, 7) is 7.15. The van der Waals surface area contributed by atoms with Crippen LogP contribution in [-0.4, -0.2) is 55.3 Å². The Morgan fingerprint density at radius 3 is 2.29 bits per heavy atom. The van der Waals surface area contributed by atoms with Crippen molar-refractivity contribution in [3.63, 3.8) is 0 Å². The lowest BCUT2D eigenvalue weighted by atomic mass is 10.2. The molecule has 0 unspecified atom stereocenters. The lowest BCUT2D eigenvalue weighted by Crippen LogP contribution is -2.27. The summed E-state index contributed by atoms with van der Waals surface area (Å²) in [5.41, 5.74) is 0.863. The van der Waals surface area contributed by atoms with Gasteiger partial charge in [0, 0.05) is 12.6 Å². The van der Waals surface area contributed by atoms with Crippen LogP contribution in [0, 0.1) is 0 Å². The summed E-state index contributed by atoms with van der Waals surface area (Å²) in [4.78, 5) is 10.6. The largest absolute Gasteiger partial charge is 0.481 e. The fraction of sp³-hybridized carbons (Fsp3) is 0.733. The van der Waals surface area contributed by atoms with E-state index in [1.807, 2.05) is 0 Å². The van der Waals surface area contributed by atoms with Gasteiger partial charge in [0.25, 0.3) is 0 Å². The van der Waals surface area contributed by atoms with Crippen LogP contribution in [0.15, 0.2) is 6.33 Å². The summed E-state index contributed by atoms with van der Waals surface area (Å²) in [5, 5.41) is 3.40. The van der Waals surface area contributed by atoms with Crippen LogP contribution >= 0.6 is 0 Å². The SMILES string of the molecule is COc1ncnc(OC)c1CNCCCCN(C)C(C)C. The molecule has 0 atom stereocenters. The van der Waals surface area contributed by atoms with Gasteiger partial charge in [-0.25, -0.2) is 9.97 Å². The first-order chi connectivity index (χ1) is 10.1. The summed E-state index contributed by atoms with van der Waals surface area (Å²) in [5.74, 6) is 1.13. The molecule has 0 aliphatic rings. The van der Waals surface area contributed by atoms with Gasteiger partial charge in [0.1, 0.15) is 6.33 Å². The van der Waals surface area contributed by atoms with Gasteiger partial charge in [0.05, 0.1) is 19.8 Å². The quantitative estimate of drug-likeness (QED) is 0.663. The van der Waals surface area contributed by atoms with Crippen LogP contribution in [-0.2, 0) is 6.54 Å². The topological polar surface area (TPSA) is 59.5 Å². The second-order valence-electron chi connectivity index (χ2n) is 5.33. The van der Waals surface area contributed by atoms with Gasteiger partial charge in [-0.05, 0) is 46.8 Å². The van der Waals surface area contributed by atoms with Crippen molar-refractivity contribution in [2.45, 2.75) is 39.3 Å². The molecule has 1 N–H and O–H groups in total. The molecule has 6 heteroatoms. The van der Waals surface area contributed by atoms with E-state index < -0.39 is 0 Å². The molecular weight excluding hydrogens is 268 g/mol. The number of nitrogens with one attached hydrogen (secondary N) is 1. The summed E-state index contributed by atoms with van der Waals surface area (Å²) in [6, 6.07) is 0.605. The van der Waals surface area contributed by atoms with Crippen molar-refractivity contribution >= 4 is 0 Å². The standard InChI is InChI=1S/C15H28N4O2/c1-12(2)19(3)9-7-6-8-16-10-13-14(20-4)17-11-18-15(13)21-5/h11-12,16H,6-10H2,1-5H3. The Morgan fingerprint density at radius 2 is 1.76 bits per heavy atom. The molecule has 0 amide bonds. The molecular formula is C15H28N4O2. The molecule has 120 valence electrons. The highest BCUT2D eigenvalue weighted by Crippen LogP contribution is 2.22. The maximum Gasteiger partial charge on any atom is 0.224 e. The van der Waals surface area contributed by atoms with E-state index in [9.17, 15) is 0 Å². The lowest BCUT2D eigenvalue weighted by molar-refractivity contribution is 0.268. The Labute approximate surface area is 127 Å². The highest BCUT2D eigenvalue weighted by atomic mass is 16.5. The van der Waals surface area contributed by atoms with Crippen molar-refractivity contribution in [3.05, 3.63) is 11.9 Å². The average Bonchev–Trinajstić information content (AvgIpc) is 2.49. The average molecular weight is 296 g/mol. The maximum atomic E-state index is 5.25. The number of hydrogen-bond donors (Lipinski definition) is 1. The van der Waals surface area contributed by atoms with Gasteiger partial charge >= 0.3 is 0 Å². The van der Waals surface area contributed by atoms with Gasteiger partial charge in [-0.2, -0.15) is 0 Å². The van der Waals surface area contributed by atoms with E-state index in [0.29, 0.717) is 24.3 Å². The molecule has 0 aliphatic carbocycles. The molecule has 0 spiro atoms. The molecule has 0 saturated carbocycles. The van der Waals surface area contributed by atoms with Crippen molar-refractivity contribution in [2.75, 3.05) is 34.4 Å². The number of hydrogen-bond acceptors (Lipinski definition) is 6. The zero-order valence-electron chi connectivity index (χ0n) is 13.8. The number of unbranched alkanes of at least 4 members (excludes halogenated alkanes) is 1. The second kappa shape index (κ2) is 9.52. The van der Waals surface area contributed by atoms with E-state index >= 15 is 0 Å². The predicted octanol–water partition coefficient (Wildman–Crippen LogP) is 1.70. The van der Waals surface area contributed by atoms with Crippen molar-refractivity contribution in [1.82, 2.24) is 20.2 Å². The number of aromatic nitrogens is 2. The zero-order valence-corrected chi connectivity index (χ0v) is 13.8. The Hall–Kier alpha value is -1.40. The van der Waals surface area contributed by atoms with Gasteiger partial charge in [-0.3, -0.25) is 0 Å². The monoisotopic (exact) mass is 296 g/mol. The molecule has 0 radical (unpaired) electrons. The molecule has 0 fully saturated rings. The molecule has 1 heterocycles. The van der Waals surface area contributed by atoms with Gasteiger partial charge < -0.3 is 19.7 Å². The van der Waals surface area contributed by atoms with Crippen LogP contribution in [0.4, 0.5) is 0 Å². The van der Waals surface area contributed by atoms with Gasteiger partial charge in [0.15, 0.2) is 0 Å². The third-order valence-corrected chi connectivity index (χ3v) is 3.55. The van der Waals surface area contributed by atoms with Crippen LogP contribution in [0.2, 0.25) is 0 Å². The first kappa shape index (κ1) is 17.7. The molecule has 1 aromatic heterocycles. The molecule has 0 saturated heterocycles. The Balaban J connectivity index is 2.33. The van der Waals surface area contributed by atoms with E-state index in [4.69, 9.17) is 9.47 Å². The molecule has 21 heavy (non-hydrogen) atoms. The minimum Gasteiger partial charge on any atom is -0.481 e. The number of ether oxygens (including phenoxy) is 2. The molecule has 6 nitrogen and oxygen atoms in total. The Bertz CT molecular complexity index is 390. The Kier molecular flexibility index (Phi) is 8.00. The lowest BCUT2D eigenvalue weighted by Gasteiger charge is -2.20. The molecule has 0 aliphatic heterocycles. The van der Waals surface area contributed by atoms with E-state index in [0.717, 1.165) is 25.1 Å². The van der Waals surface area contributed by atoms with E-state index in [-0.39, 0.29) is 0 Å². The fourth-order valence-electron chi connectivity index (χ4n) is 1.97. The molecule has 0 aromatic carbocycles. The van der Waals surface area contributed by atoms with Crippen LogP contribution in [0.5, 0.6) is 11.8 Å². The van der Waals surface area contributed by atoms with Crippen molar-refractivity contribution in [2.24, 2.45) is 0 Å². The van der Waals surface area contributed by atoms with Crippen LogP contribution < -0.4 is 14.8 Å². The molecule has 1 rings (SSSR count). The Morgan fingerprint density at radius 1 is 1.14 bits per heavy atom. The van der Waals surface area contributed by atoms with Crippen LogP contribution in [0.25, 0.3) is 0 Å². The van der Waals surface area contributed by atoms with Crippen LogP contribution in [0.3, 0.4) is 0 Å².